The predicted molar refractivity (Wildman–Crippen MR) is 78.0 cm³/mol. The maximum atomic E-state index is 13.1. The predicted octanol–water partition coefficient (Wildman–Crippen LogP) is 4.25. The van der Waals surface area contributed by atoms with E-state index in [2.05, 4.69) is 15.9 Å². The first-order valence-electron chi connectivity index (χ1n) is 5.49. The minimum atomic E-state index is -0.416. The summed E-state index contributed by atoms with van der Waals surface area (Å²) in [6.45, 7) is 0. The summed E-state index contributed by atoms with van der Waals surface area (Å²) in [6.07, 6.45) is 0.0342. The largest absolute Gasteiger partial charge is 0.399 e. The van der Waals surface area contributed by atoms with Crippen molar-refractivity contribution in [3.8, 4) is 0 Å². The maximum absolute atomic E-state index is 13.1. The summed E-state index contributed by atoms with van der Waals surface area (Å²) in [4.78, 5) is 12.1. The number of nitrogens with two attached hydrogens (primary N) is 1. The van der Waals surface area contributed by atoms with E-state index in [1.54, 1.807) is 18.2 Å². The van der Waals surface area contributed by atoms with Gasteiger partial charge in [-0.2, -0.15) is 0 Å². The summed E-state index contributed by atoms with van der Waals surface area (Å²) in [6, 6.07) is 8.92. The molecule has 2 aromatic carbocycles. The average Bonchev–Trinajstić information content (AvgIpc) is 2.32. The molecule has 0 amide bonds. The van der Waals surface area contributed by atoms with E-state index in [4.69, 9.17) is 17.3 Å². The van der Waals surface area contributed by atoms with Gasteiger partial charge in [0.1, 0.15) is 5.82 Å². The lowest BCUT2D eigenvalue weighted by molar-refractivity contribution is 0.0993. The molecule has 0 fully saturated rings. The standard InChI is InChI=1S/C14H10BrClFNO/c15-10-3-9(5-12(18)7-10)14(19)6-8-4-11(17)1-2-13(8)16/h1-5,7H,6,18H2. The molecule has 0 unspecified atom stereocenters. The lowest BCUT2D eigenvalue weighted by Gasteiger charge is -2.06. The molecule has 0 saturated heterocycles. The molecule has 2 N–H and O–H groups in total. The van der Waals surface area contributed by atoms with Crippen molar-refractivity contribution in [2.75, 3.05) is 5.73 Å². The zero-order chi connectivity index (χ0) is 14.0. The quantitative estimate of drug-likeness (QED) is 0.669. The molecule has 0 aliphatic rings. The molecule has 0 heterocycles. The number of hydrogen-bond donors (Lipinski definition) is 1. The van der Waals surface area contributed by atoms with Gasteiger partial charge in [0.15, 0.2) is 5.78 Å². The number of nitrogen functional groups attached to an aromatic ring is 1. The number of carbonyl (C=O) groups excluding carboxylic acids is 1. The Morgan fingerprint density at radius 1 is 1.26 bits per heavy atom. The molecule has 2 aromatic rings. The third-order valence-electron chi connectivity index (χ3n) is 2.60. The summed E-state index contributed by atoms with van der Waals surface area (Å²) in [7, 11) is 0. The Balaban J connectivity index is 2.28. The van der Waals surface area contributed by atoms with Gasteiger partial charge in [0, 0.05) is 27.2 Å². The first-order valence-corrected chi connectivity index (χ1v) is 6.66. The monoisotopic (exact) mass is 341 g/mol. The van der Waals surface area contributed by atoms with Crippen LogP contribution in [0, 0.1) is 5.82 Å². The number of halogens is 3. The van der Waals surface area contributed by atoms with Crippen molar-refractivity contribution < 1.29 is 9.18 Å². The number of hydrogen-bond acceptors (Lipinski definition) is 2. The molecular formula is C14H10BrClFNO. The van der Waals surface area contributed by atoms with Crippen LogP contribution in [0.15, 0.2) is 40.9 Å². The van der Waals surface area contributed by atoms with E-state index in [9.17, 15) is 9.18 Å². The van der Waals surface area contributed by atoms with Gasteiger partial charge in [0.2, 0.25) is 0 Å². The van der Waals surface area contributed by atoms with Crippen LogP contribution in [0.2, 0.25) is 5.02 Å². The van der Waals surface area contributed by atoms with Gasteiger partial charge in [-0.15, -0.1) is 0 Å². The Hall–Kier alpha value is -1.39. The lowest BCUT2D eigenvalue weighted by atomic mass is 10.0. The molecule has 19 heavy (non-hydrogen) atoms. The van der Waals surface area contributed by atoms with Crippen LogP contribution < -0.4 is 5.73 Å². The van der Waals surface area contributed by atoms with E-state index < -0.39 is 5.82 Å². The summed E-state index contributed by atoms with van der Waals surface area (Å²) in [5.41, 5.74) is 7.09. The molecular weight excluding hydrogens is 333 g/mol. The van der Waals surface area contributed by atoms with Crippen LogP contribution in [0.3, 0.4) is 0 Å². The van der Waals surface area contributed by atoms with E-state index in [1.165, 1.54) is 18.2 Å². The van der Waals surface area contributed by atoms with Crippen molar-refractivity contribution in [2.24, 2.45) is 0 Å². The number of ketones is 1. The molecule has 0 bridgehead atoms. The highest BCUT2D eigenvalue weighted by atomic mass is 79.9. The molecule has 0 aliphatic heterocycles. The topological polar surface area (TPSA) is 43.1 Å². The first-order chi connectivity index (χ1) is 8.95. The molecule has 0 aliphatic carbocycles. The Kier molecular flexibility index (Phi) is 4.22. The minimum Gasteiger partial charge on any atom is -0.399 e. The van der Waals surface area contributed by atoms with Crippen molar-refractivity contribution in [3.05, 3.63) is 62.8 Å². The normalized spacial score (nSPS) is 10.5. The van der Waals surface area contributed by atoms with Gasteiger partial charge in [-0.3, -0.25) is 4.79 Å². The van der Waals surface area contributed by atoms with Crippen LogP contribution in [0.5, 0.6) is 0 Å². The highest BCUT2D eigenvalue weighted by molar-refractivity contribution is 9.10. The Bertz CT molecular complexity index is 625. The Morgan fingerprint density at radius 2 is 2.00 bits per heavy atom. The third kappa shape index (κ3) is 3.55. The molecule has 5 heteroatoms. The van der Waals surface area contributed by atoms with E-state index in [0.29, 0.717) is 21.8 Å². The highest BCUT2D eigenvalue weighted by Crippen LogP contribution is 2.22. The van der Waals surface area contributed by atoms with Gasteiger partial charge < -0.3 is 5.73 Å². The second-order valence-corrected chi connectivity index (χ2v) is 5.43. The van der Waals surface area contributed by atoms with Crippen molar-refractivity contribution >= 4 is 39.0 Å². The lowest BCUT2D eigenvalue weighted by Crippen LogP contribution is -2.05. The fourth-order valence-electron chi connectivity index (χ4n) is 1.73. The summed E-state index contributed by atoms with van der Waals surface area (Å²) in [5, 5.41) is 0.373. The van der Waals surface area contributed by atoms with E-state index >= 15 is 0 Å². The smallest absolute Gasteiger partial charge is 0.167 e. The first kappa shape index (κ1) is 14.0. The van der Waals surface area contributed by atoms with Crippen LogP contribution in [0.1, 0.15) is 15.9 Å². The van der Waals surface area contributed by atoms with Gasteiger partial charge in [-0.05, 0) is 42.0 Å². The summed E-state index contributed by atoms with van der Waals surface area (Å²) < 4.78 is 13.9. The molecule has 0 saturated carbocycles. The second-order valence-electron chi connectivity index (χ2n) is 4.11. The second kappa shape index (κ2) is 5.72. The molecule has 0 atom stereocenters. The van der Waals surface area contributed by atoms with Gasteiger partial charge in [-0.1, -0.05) is 27.5 Å². The van der Waals surface area contributed by atoms with Crippen molar-refractivity contribution in [1.29, 1.82) is 0 Å². The van der Waals surface area contributed by atoms with E-state index in [-0.39, 0.29) is 12.2 Å². The highest BCUT2D eigenvalue weighted by Gasteiger charge is 2.11. The average molecular weight is 343 g/mol. The maximum Gasteiger partial charge on any atom is 0.167 e. The molecule has 2 nitrogen and oxygen atoms in total. The van der Waals surface area contributed by atoms with Gasteiger partial charge in [-0.25, -0.2) is 4.39 Å². The van der Waals surface area contributed by atoms with E-state index in [0.717, 1.165) is 4.47 Å². The van der Waals surface area contributed by atoms with Crippen LogP contribution in [0.4, 0.5) is 10.1 Å². The summed E-state index contributed by atoms with van der Waals surface area (Å²) >= 11 is 9.21. The number of rotatable bonds is 3. The van der Waals surface area contributed by atoms with Crippen molar-refractivity contribution in [2.45, 2.75) is 6.42 Å². The molecule has 98 valence electrons. The van der Waals surface area contributed by atoms with Crippen LogP contribution in [0.25, 0.3) is 0 Å². The number of anilines is 1. The molecule has 0 spiro atoms. The van der Waals surface area contributed by atoms with Crippen molar-refractivity contribution in [1.82, 2.24) is 0 Å². The van der Waals surface area contributed by atoms with E-state index in [1.807, 2.05) is 0 Å². The Labute approximate surface area is 123 Å². The fourth-order valence-corrected chi connectivity index (χ4v) is 2.42. The van der Waals surface area contributed by atoms with Gasteiger partial charge in [0.05, 0.1) is 0 Å². The number of Topliss-reactive ketones (excluding diaryl/α,β-unsaturated/α-hetero) is 1. The number of benzene rings is 2. The third-order valence-corrected chi connectivity index (χ3v) is 3.43. The molecule has 0 aromatic heterocycles. The van der Waals surface area contributed by atoms with Gasteiger partial charge >= 0.3 is 0 Å². The van der Waals surface area contributed by atoms with Crippen LogP contribution >= 0.6 is 27.5 Å². The van der Waals surface area contributed by atoms with Crippen LogP contribution in [-0.2, 0) is 6.42 Å². The molecule has 0 radical (unpaired) electrons. The summed E-state index contributed by atoms with van der Waals surface area (Å²) in [5.74, 6) is -0.582. The van der Waals surface area contributed by atoms with Gasteiger partial charge in [0.25, 0.3) is 0 Å². The Morgan fingerprint density at radius 3 is 2.68 bits per heavy atom. The SMILES string of the molecule is Nc1cc(Br)cc(C(=O)Cc2cc(F)ccc2Cl)c1. The zero-order valence-corrected chi connectivity index (χ0v) is 12.1. The van der Waals surface area contributed by atoms with Crippen molar-refractivity contribution in [3.63, 3.8) is 0 Å². The zero-order valence-electron chi connectivity index (χ0n) is 9.79. The van der Waals surface area contributed by atoms with Crippen LogP contribution in [-0.4, -0.2) is 5.78 Å². The fraction of sp³-hybridized carbons (Fsp3) is 0.0714. The molecule has 2 rings (SSSR count). The minimum absolute atomic E-state index is 0.0342. The number of carbonyl (C=O) groups is 1.